The highest BCUT2D eigenvalue weighted by Crippen LogP contribution is 2.33. The molecule has 0 saturated carbocycles. The van der Waals surface area contributed by atoms with Crippen molar-refractivity contribution in [2.45, 2.75) is 40.0 Å². The summed E-state index contributed by atoms with van der Waals surface area (Å²) in [5.74, 6) is 1.42. The van der Waals surface area contributed by atoms with Gasteiger partial charge in [0.25, 0.3) is 0 Å². The Hall–Kier alpha value is -1.02. The molecule has 0 aliphatic heterocycles. The molecule has 2 unspecified atom stereocenters. The summed E-state index contributed by atoms with van der Waals surface area (Å²) in [5, 5.41) is 9.52. The molecule has 0 saturated heterocycles. The highest BCUT2D eigenvalue weighted by Gasteiger charge is 2.18. The van der Waals surface area contributed by atoms with Crippen molar-refractivity contribution in [1.82, 2.24) is 0 Å². The summed E-state index contributed by atoms with van der Waals surface area (Å²) in [5.41, 5.74) is 9.32. The summed E-state index contributed by atoms with van der Waals surface area (Å²) < 4.78 is 0. The van der Waals surface area contributed by atoms with E-state index in [1.165, 1.54) is 16.7 Å². The summed E-state index contributed by atoms with van der Waals surface area (Å²) in [4.78, 5) is 0. The van der Waals surface area contributed by atoms with Gasteiger partial charge in [-0.3, -0.25) is 0 Å². The third-order valence-electron chi connectivity index (χ3n) is 3.51. The van der Waals surface area contributed by atoms with Crippen molar-refractivity contribution in [1.29, 1.82) is 0 Å². The van der Waals surface area contributed by atoms with Crippen molar-refractivity contribution < 1.29 is 5.11 Å². The summed E-state index contributed by atoms with van der Waals surface area (Å²) in [6.45, 7) is 9.35. The molecule has 1 aromatic carbocycles. The number of rotatable bonds is 4. The first-order valence-corrected chi connectivity index (χ1v) is 5.97. The van der Waals surface area contributed by atoms with Crippen molar-refractivity contribution in [2.75, 3.05) is 6.54 Å². The minimum absolute atomic E-state index is 0.359. The second kappa shape index (κ2) is 5.35. The lowest BCUT2D eigenvalue weighted by Crippen LogP contribution is -2.13. The van der Waals surface area contributed by atoms with Gasteiger partial charge >= 0.3 is 0 Å². The average molecular weight is 221 g/mol. The van der Waals surface area contributed by atoms with Gasteiger partial charge in [0.1, 0.15) is 5.75 Å². The van der Waals surface area contributed by atoms with Crippen LogP contribution in [0.2, 0.25) is 0 Å². The number of aryl methyl sites for hydroxylation is 2. The predicted molar refractivity (Wildman–Crippen MR) is 68.8 cm³/mol. The zero-order valence-electron chi connectivity index (χ0n) is 10.7. The van der Waals surface area contributed by atoms with Gasteiger partial charge in [-0.05, 0) is 67.5 Å². The van der Waals surface area contributed by atoms with E-state index in [1.54, 1.807) is 0 Å². The van der Waals surface area contributed by atoms with Crippen LogP contribution < -0.4 is 5.73 Å². The lowest BCUT2D eigenvalue weighted by atomic mass is 9.82. The normalized spacial score (nSPS) is 14.8. The van der Waals surface area contributed by atoms with Gasteiger partial charge in [-0.25, -0.2) is 0 Å². The Kier molecular flexibility index (Phi) is 4.36. The maximum absolute atomic E-state index is 9.52. The van der Waals surface area contributed by atoms with Gasteiger partial charge in [-0.15, -0.1) is 0 Å². The molecule has 2 heteroatoms. The number of aromatic hydroxyl groups is 1. The molecule has 90 valence electrons. The summed E-state index contributed by atoms with van der Waals surface area (Å²) in [6, 6.07) is 3.68. The fourth-order valence-electron chi connectivity index (χ4n) is 2.47. The van der Waals surface area contributed by atoms with Crippen molar-refractivity contribution in [3.8, 4) is 5.75 Å². The number of benzene rings is 1. The molecular weight excluding hydrogens is 198 g/mol. The minimum Gasteiger partial charge on any atom is -0.508 e. The third-order valence-corrected chi connectivity index (χ3v) is 3.51. The molecule has 0 radical (unpaired) electrons. The van der Waals surface area contributed by atoms with E-state index in [1.807, 2.05) is 12.1 Å². The van der Waals surface area contributed by atoms with Crippen molar-refractivity contribution in [2.24, 2.45) is 11.7 Å². The zero-order valence-corrected chi connectivity index (χ0v) is 10.7. The molecule has 0 aromatic heterocycles. The third kappa shape index (κ3) is 2.76. The second-order valence-electron chi connectivity index (χ2n) is 4.84. The second-order valence-corrected chi connectivity index (χ2v) is 4.84. The van der Waals surface area contributed by atoms with Crippen LogP contribution in [0, 0.1) is 19.8 Å². The zero-order chi connectivity index (χ0) is 12.3. The number of hydrogen-bond donors (Lipinski definition) is 2. The summed E-state index contributed by atoms with van der Waals surface area (Å²) >= 11 is 0. The van der Waals surface area contributed by atoms with Crippen LogP contribution in [0.25, 0.3) is 0 Å². The quantitative estimate of drug-likeness (QED) is 0.820. The molecule has 0 spiro atoms. The van der Waals surface area contributed by atoms with Crippen LogP contribution >= 0.6 is 0 Å². The maximum atomic E-state index is 9.52. The fraction of sp³-hybridized carbons (Fsp3) is 0.571. The van der Waals surface area contributed by atoms with Gasteiger partial charge in [-0.1, -0.05) is 13.8 Å². The van der Waals surface area contributed by atoms with Crippen LogP contribution in [0.1, 0.15) is 42.9 Å². The Morgan fingerprint density at radius 3 is 2.12 bits per heavy atom. The Balaban J connectivity index is 3.03. The van der Waals surface area contributed by atoms with E-state index in [-0.39, 0.29) is 0 Å². The lowest BCUT2D eigenvalue weighted by molar-refractivity contribution is 0.452. The van der Waals surface area contributed by atoms with Crippen molar-refractivity contribution in [3.05, 3.63) is 28.8 Å². The molecule has 0 amide bonds. The van der Waals surface area contributed by atoms with Gasteiger partial charge in [0.05, 0.1) is 0 Å². The van der Waals surface area contributed by atoms with E-state index < -0.39 is 0 Å². The van der Waals surface area contributed by atoms with Gasteiger partial charge in [0, 0.05) is 0 Å². The van der Waals surface area contributed by atoms with Crippen molar-refractivity contribution >= 4 is 0 Å². The number of hydrogen-bond acceptors (Lipinski definition) is 2. The Morgan fingerprint density at radius 1 is 1.19 bits per heavy atom. The number of nitrogens with two attached hydrogens (primary N) is 1. The van der Waals surface area contributed by atoms with E-state index in [0.717, 1.165) is 13.0 Å². The Labute approximate surface area is 98.5 Å². The molecule has 0 aliphatic carbocycles. The molecule has 1 aromatic rings. The summed E-state index contributed by atoms with van der Waals surface area (Å²) in [6.07, 6.45) is 1.04. The van der Waals surface area contributed by atoms with Gasteiger partial charge in [0.15, 0.2) is 0 Å². The summed E-state index contributed by atoms with van der Waals surface area (Å²) in [7, 11) is 0. The Morgan fingerprint density at radius 2 is 1.69 bits per heavy atom. The first-order chi connectivity index (χ1) is 7.47. The molecule has 3 N–H and O–H groups in total. The van der Waals surface area contributed by atoms with Gasteiger partial charge in [0.2, 0.25) is 0 Å². The monoisotopic (exact) mass is 221 g/mol. The highest BCUT2D eigenvalue weighted by atomic mass is 16.3. The molecule has 2 nitrogen and oxygen atoms in total. The van der Waals surface area contributed by atoms with Crippen LogP contribution in [0.3, 0.4) is 0 Å². The maximum Gasteiger partial charge on any atom is 0.116 e. The first-order valence-electron chi connectivity index (χ1n) is 5.97. The Bertz CT molecular complexity index is 337. The van der Waals surface area contributed by atoms with Gasteiger partial charge < -0.3 is 10.8 Å². The average Bonchev–Trinajstić information content (AvgIpc) is 2.16. The molecule has 0 heterocycles. The van der Waals surface area contributed by atoms with Gasteiger partial charge in [-0.2, -0.15) is 0 Å². The first kappa shape index (κ1) is 13.0. The molecular formula is C14H23NO. The van der Waals surface area contributed by atoms with Crippen LogP contribution in [-0.4, -0.2) is 11.7 Å². The molecule has 0 aliphatic rings. The topological polar surface area (TPSA) is 46.2 Å². The minimum atomic E-state index is 0.359. The molecule has 1 rings (SSSR count). The number of phenols is 1. The lowest BCUT2D eigenvalue weighted by Gasteiger charge is -2.23. The van der Waals surface area contributed by atoms with Crippen LogP contribution in [0.5, 0.6) is 5.75 Å². The van der Waals surface area contributed by atoms with Crippen LogP contribution in [-0.2, 0) is 0 Å². The van der Waals surface area contributed by atoms with E-state index in [2.05, 4.69) is 27.7 Å². The predicted octanol–water partition coefficient (Wildman–Crippen LogP) is 3.10. The number of phenolic OH excluding ortho intramolecular Hbond substituents is 1. The van der Waals surface area contributed by atoms with Crippen LogP contribution in [0.15, 0.2) is 12.1 Å². The smallest absolute Gasteiger partial charge is 0.116 e. The largest absolute Gasteiger partial charge is 0.508 e. The molecule has 0 bridgehead atoms. The molecule has 16 heavy (non-hydrogen) atoms. The van der Waals surface area contributed by atoms with E-state index in [4.69, 9.17) is 5.73 Å². The van der Waals surface area contributed by atoms with E-state index >= 15 is 0 Å². The standard InChI is InChI=1S/C14H23NO/c1-9(5-6-15)12(4)14-10(2)7-13(16)8-11(14)3/h7-9,12,16H,5-6,15H2,1-4H3. The SMILES string of the molecule is Cc1cc(O)cc(C)c1C(C)C(C)CCN. The van der Waals surface area contributed by atoms with E-state index in [0.29, 0.717) is 17.6 Å². The van der Waals surface area contributed by atoms with Crippen molar-refractivity contribution in [3.63, 3.8) is 0 Å². The van der Waals surface area contributed by atoms with E-state index in [9.17, 15) is 5.11 Å². The molecule has 2 atom stereocenters. The fourth-order valence-corrected chi connectivity index (χ4v) is 2.47. The highest BCUT2D eigenvalue weighted by molar-refractivity contribution is 5.42. The molecule has 0 fully saturated rings. The van der Waals surface area contributed by atoms with Crippen LogP contribution in [0.4, 0.5) is 0 Å².